The fourth-order valence-electron chi connectivity index (χ4n) is 1.77. The van der Waals surface area contributed by atoms with Crippen LogP contribution in [-0.4, -0.2) is 19.9 Å². The predicted octanol–water partition coefficient (Wildman–Crippen LogP) is 2.29. The number of nitrogens with one attached hydrogen (secondary N) is 1. The fraction of sp³-hybridized carbons (Fsp3) is 0.154. The Balaban J connectivity index is 2.06. The van der Waals surface area contributed by atoms with Gasteiger partial charge in [0.15, 0.2) is 0 Å². The average molecular weight is 374 g/mol. The van der Waals surface area contributed by atoms with Crippen LogP contribution in [0, 0.1) is 5.82 Å². The molecule has 0 fully saturated rings. The van der Waals surface area contributed by atoms with E-state index in [0.717, 1.165) is 5.56 Å². The minimum atomic E-state index is -3.82. The van der Waals surface area contributed by atoms with Crippen molar-refractivity contribution in [1.29, 1.82) is 0 Å². The number of primary sulfonamides is 1. The van der Waals surface area contributed by atoms with E-state index in [2.05, 4.69) is 26.2 Å². The van der Waals surface area contributed by atoms with E-state index in [1.165, 1.54) is 24.4 Å². The molecule has 0 saturated heterocycles. The molecule has 0 amide bonds. The SMILES string of the molecule is NS(=O)(=O)c1cccnc1NCCc1ccc(F)c(Br)c1. The quantitative estimate of drug-likeness (QED) is 0.841. The summed E-state index contributed by atoms with van der Waals surface area (Å²) in [7, 11) is -3.82. The van der Waals surface area contributed by atoms with Gasteiger partial charge in [0.05, 0.1) is 4.47 Å². The van der Waals surface area contributed by atoms with Crippen molar-refractivity contribution in [3.8, 4) is 0 Å². The summed E-state index contributed by atoms with van der Waals surface area (Å²) in [5.74, 6) is -0.117. The number of benzene rings is 1. The van der Waals surface area contributed by atoms with Crippen LogP contribution in [-0.2, 0) is 16.4 Å². The Morgan fingerprint density at radius 1 is 1.33 bits per heavy atom. The summed E-state index contributed by atoms with van der Waals surface area (Å²) in [4.78, 5) is 3.92. The number of pyridine rings is 1. The lowest BCUT2D eigenvalue weighted by Crippen LogP contribution is -2.16. The minimum Gasteiger partial charge on any atom is -0.369 e. The Morgan fingerprint density at radius 2 is 2.10 bits per heavy atom. The van der Waals surface area contributed by atoms with Crippen molar-refractivity contribution >= 4 is 31.8 Å². The third-order valence-corrected chi connectivity index (χ3v) is 4.32. The molecule has 5 nitrogen and oxygen atoms in total. The molecule has 8 heteroatoms. The van der Waals surface area contributed by atoms with Gasteiger partial charge < -0.3 is 5.32 Å². The number of aromatic nitrogens is 1. The second kappa shape index (κ2) is 6.50. The van der Waals surface area contributed by atoms with Crippen molar-refractivity contribution in [1.82, 2.24) is 4.98 Å². The molecule has 1 aromatic heterocycles. The second-order valence-electron chi connectivity index (χ2n) is 4.32. The van der Waals surface area contributed by atoms with Gasteiger partial charge in [-0.05, 0) is 52.2 Å². The second-order valence-corrected chi connectivity index (χ2v) is 6.70. The van der Waals surface area contributed by atoms with Crippen LogP contribution >= 0.6 is 15.9 Å². The number of nitrogens with two attached hydrogens (primary N) is 1. The van der Waals surface area contributed by atoms with Gasteiger partial charge in [-0.1, -0.05) is 6.07 Å². The maximum atomic E-state index is 13.1. The van der Waals surface area contributed by atoms with Gasteiger partial charge in [-0.2, -0.15) is 0 Å². The van der Waals surface area contributed by atoms with Crippen LogP contribution in [0.3, 0.4) is 0 Å². The Hall–Kier alpha value is -1.51. The molecule has 0 unspecified atom stereocenters. The number of hydrogen-bond donors (Lipinski definition) is 2. The van der Waals surface area contributed by atoms with Crippen LogP contribution < -0.4 is 10.5 Å². The molecule has 0 aliphatic heterocycles. The summed E-state index contributed by atoms with van der Waals surface area (Å²) in [6.07, 6.45) is 2.06. The lowest BCUT2D eigenvalue weighted by atomic mass is 10.1. The van der Waals surface area contributed by atoms with E-state index in [-0.39, 0.29) is 16.5 Å². The molecule has 0 atom stereocenters. The van der Waals surface area contributed by atoms with E-state index in [0.29, 0.717) is 17.4 Å². The lowest BCUT2D eigenvalue weighted by molar-refractivity contribution is 0.597. The maximum absolute atomic E-state index is 13.1. The first-order chi connectivity index (χ1) is 9.88. The Labute approximate surface area is 130 Å². The van der Waals surface area contributed by atoms with Crippen LogP contribution in [0.25, 0.3) is 0 Å². The normalized spacial score (nSPS) is 11.4. The lowest BCUT2D eigenvalue weighted by Gasteiger charge is -2.09. The number of hydrogen-bond acceptors (Lipinski definition) is 4. The zero-order valence-electron chi connectivity index (χ0n) is 10.9. The van der Waals surface area contributed by atoms with Crippen LogP contribution in [0.1, 0.15) is 5.56 Å². The first-order valence-corrected chi connectivity index (χ1v) is 8.37. The van der Waals surface area contributed by atoms with Crippen molar-refractivity contribution < 1.29 is 12.8 Å². The number of rotatable bonds is 5. The smallest absolute Gasteiger partial charge is 0.241 e. The number of halogens is 2. The molecule has 112 valence electrons. The summed E-state index contributed by atoms with van der Waals surface area (Å²) in [6.45, 7) is 0.442. The largest absolute Gasteiger partial charge is 0.369 e. The number of nitrogens with zero attached hydrogens (tertiary/aromatic N) is 1. The molecule has 0 spiro atoms. The van der Waals surface area contributed by atoms with E-state index < -0.39 is 10.0 Å². The molecule has 0 radical (unpaired) electrons. The Bertz CT molecular complexity index is 753. The van der Waals surface area contributed by atoms with Crippen LogP contribution in [0.2, 0.25) is 0 Å². The van der Waals surface area contributed by atoms with Crippen molar-refractivity contribution in [2.45, 2.75) is 11.3 Å². The van der Waals surface area contributed by atoms with Gasteiger partial charge in [0.25, 0.3) is 0 Å². The molecule has 0 saturated carbocycles. The monoisotopic (exact) mass is 373 g/mol. The Morgan fingerprint density at radius 3 is 2.76 bits per heavy atom. The van der Waals surface area contributed by atoms with Crippen molar-refractivity contribution in [2.75, 3.05) is 11.9 Å². The van der Waals surface area contributed by atoms with Crippen LogP contribution in [0.15, 0.2) is 45.9 Å². The zero-order valence-corrected chi connectivity index (χ0v) is 13.3. The molecule has 3 N–H and O–H groups in total. The highest BCUT2D eigenvalue weighted by atomic mass is 79.9. The van der Waals surface area contributed by atoms with Crippen molar-refractivity contribution in [2.24, 2.45) is 5.14 Å². The van der Waals surface area contributed by atoms with Gasteiger partial charge in [0.1, 0.15) is 16.5 Å². The van der Waals surface area contributed by atoms with Crippen molar-refractivity contribution in [3.05, 3.63) is 52.4 Å². The predicted molar refractivity (Wildman–Crippen MR) is 81.9 cm³/mol. The molecule has 1 heterocycles. The third kappa shape index (κ3) is 4.23. The molecule has 2 rings (SSSR count). The fourth-order valence-corrected chi connectivity index (χ4v) is 2.86. The standard InChI is InChI=1S/C13H13BrFN3O2S/c14-10-8-9(3-4-11(10)15)5-7-18-13-12(21(16,19)20)2-1-6-17-13/h1-4,6,8H,5,7H2,(H,17,18)(H2,16,19,20). The molecule has 0 aliphatic carbocycles. The highest BCUT2D eigenvalue weighted by Gasteiger charge is 2.14. The zero-order chi connectivity index (χ0) is 15.5. The Kier molecular flexibility index (Phi) is 4.92. The summed E-state index contributed by atoms with van der Waals surface area (Å²) in [5, 5.41) is 8.04. The average Bonchev–Trinajstić information content (AvgIpc) is 2.42. The first-order valence-electron chi connectivity index (χ1n) is 6.03. The number of sulfonamides is 1. The van der Waals surface area contributed by atoms with Gasteiger partial charge in [-0.25, -0.2) is 22.9 Å². The summed E-state index contributed by atoms with van der Waals surface area (Å²) >= 11 is 3.12. The highest BCUT2D eigenvalue weighted by Crippen LogP contribution is 2.18. The van der Waals surface area contributed by atoms with Crippen molar-refractivity contribution in [3.63, 3.8) is 0 Å². The summed E-state index contributed by atoms with van der Waals surface area (Å²) < 4.78 is 36.3. The van der Waals surface area contributed by atoms with Gasteiger partial charge in [-0.3, -0.25) is 0 Å². The molecule has 21 heavy (non-hydrogen) atoms. The van der Waals surface area contributed by atoms with E-state index >= 15 is 0 Å². The van der Waals surface area contributed by atoms with Crippen LogP contribution in [0.4, 0.5) is 10.2 Å². The molecule has 1 aromatic carbocycles. The van der Waals surface area contributed by atoms with Gasteiger partial charge in [-0.15, -0.1) is 0 Å². The summed E-state index contributed by atoms with van der Waals surface area (Å²) in [6, 6.07) is 7.61. The first kappa shape index (κ1) is 15.9. The molecule has 2 aromatic rings. The van der Waals surface area contributed by atoms with E-state index in [4.69, 9.17) is 5.14 Å². The van der Waals surface area contributed by atoms with E-state index in [1.807, 2.05) is 0 Å². The van der Waals surface area contributed by atoms with E-state index in [1.54, 1.807) is 12.1 Å². The highest BCUT2D eigenvalue weighted by molar-refractivity contribution is 9.10. The molecular weight excluding hydrogens is 361 g/mol. The minimum absolute atomic E-state index is 0.0507. The van der Waals surface area contributed by atoms with Gasteiger partial charge >= 0.3 is 0 Å². The van der Waals surface area contributed by atoms with Gasteiger partial charge in [0, 0.05) is 12.7 Å². The summed E-state index contributed by atoms with van der Waals surface area (Å²) in [5.41, 5.74) is 0.906. The molecule has 0 bridgehead atoms. The topological polar surface area (TPSA) is 85.1 Å². The van der Waals surface area contributed by atoms with Gasteiger partial charge in [0.2, 0.25) is 10.0 Å². The third-order valence-electron chi connectivity index (χ3n) is 2.77. The van der Waals surface area contributed by atoms with E-state index in [9.17, 15) is 12.8 Å². The maximum Gasteiger partial charge on any atom is 0.241 e. The molecular formula is C13H13BrFN3O2S. The number of anilines is 1. The van der Waals surface area contributed by atoms with Crippen LogP contribution in [0.5, 0.6) is 0 Å². The molecule has 0 aliphatic rings.